The third-order valence-corrected chi connectivity index (χ3v) is 3.30. The lowest BCUT2D eigenvalue weighted by Crippen LogP contribution is -2.19. The van der Waals surface area contributed by atoms with E-state index in [2.05, 4.69) is 21.2 Å². The molecule has 0 aliphatic rings. The van der Waals surface area contributed by atoms with Crippen LogP contribution in [-0.4, -0.2) is 21.6 Å². The smallest absolute Gasteiger partial charge is 0.323 e. The number of aryl methyl sites for hydroxylation is 1. The molecule has 0 radical (unpaired) electrons. The van der Waals surface area contributed by atoms with E-state index in [1.165, 1.54) is 4.57 Å². The van der Waals surface area contributed by atoms with E-state index in [-0.39, 0.29) is 12.5 Å². The molecule has 0 atom stereocenters. The normalized spacial score (nSPS) is 10.3. The third-order valence-electron chi connectivity index (χ3n) is 2.80. The molecule has 0 aliphatic carbocycles. The second kappa shape index (κ2) is 5.92. The summed E-state index contributed by atoms with van der Waals surface area (Å²) in [7, 11) is 0. The molecule has 5 nitrogen and oxygen atoms in total. The summed E-state index contributed by atoms with van der Waals surface area (Å²) in [5.41, 5.74) is 1.93. The number of carboxylic acid groups (broad SMARTS) is 1. The van der Waals surface area contributed by atoms with Gasteiger partial charge in [-0.3, -0.25) is 9.59 Å². The number of rotatable bonds is 4. The minimum Gasteiger partial charge on any atom is -0.480 e. The van der Waals surface area contributed by atoms with E-state index in [9.17, 15) is 9.59 Å². The molecule has 104 valence electrons. The minimum atomic E-state index is -0.991. The first-order chi connectivity index (χ1) is 9.47. The number of carbonyl (C=O) groups is 2. The third kappa shape index (κ3) is 3.27. The van der Waals surface area contributed by atoms with Crippen LogP contribution >= 0.6 is 15.9 Å². The molecule has 0 saturated carbocycles. The van der Waals surface area contributed by atoms with Gasteiger partial charge in [-0.05, 0) is 42.8 Å². The van der Waals surface area contributed by atoms with Crippen LogP contribution in [0.1, 0.15) is 16.1 Å². The maximum absolute atomic E-state index is 12.2. The number of nitrogens with one attached hydrogen (secondary N) is 1. The van der Waals surface area contributed by atoms with Crippen molar-refractivity contribution < 1.29 is 14.7 Å². The van der Waals surface area contributed by atoms with Gasteiger partial charge in [-0.15, -0.1) is 0 Å². The van der Waals surface area contributed by atoms with Gasteiger partial charge in [0.2, 0.25) is 0 Å². The summed E-state index contributed by atoms with van der Waals surface area (Å²) >= 11 is 3.36. The number of halogens is 1. The summed E-state index contributed by atoms with van der Waals surface area (Å²) < 4.78 is 2.33. The highest BCUT2D eigenvalue weighted by Gasteiger charge is 2.13. The summed E-state index contributed by atoms with van der Waals surface area (Å²) in [5, 5.41) is 11.6. The van der Waals surface area contributed by atoms with E-state index in [1.54, 1.807) is 24.4 Å². The molecule has 1 amide bonds. The van der Waals surface area contributed by atoms with Crippen molar-refractivity contribution in [1.82, 2.24) is 4.57 Å². The standard InChI is InChI=1S/C14H13BrN2O3/c1-9-7-10(15)4-5-11(9)16-14(20)12-3-2-6-17(12)8-13(18)19/h2-7H,8H2,1H3,(H,16,20)(H,18,19). The molecule has 2 N–H and O–H groups in total. The Labute approximate surface area is 124 Å². The molecule has 20 heavy (non-hydrogen) atoms. The first kappa shape index (κ1) is 14.3. The fourth-order valence-corrected chi connectivity index (χ4v) is 2.33. The summed E-state index contributed by atoms with van der Waals surface area (Å²) in [6, 6.07) is 8.76. The summed E-state index contributed by atoms with van der Waals surface area (Å²) in [4.78, 5) is 22.9. The van der Waals surface area contributed by atoms with Crippen LogP contribution in [0.2, 0.25) is 0 Å². The average Bonchev–Trinajstić information content (AvgIpc) is 2.80. The van der Waals surface area contributed by atoms with Crippen molar-refractivity contribution in [3.8, 4) is 0 Å². The lowest BCUT2D eigenvalue weighted by Gasteiger charge is -2.10. The molecule has 0 bridgehead atoms. The molecular weight excluding hydrogens is 324 g/mol. The Morgan fingerprint density at radius 2 is 2.10 bits per heavy atom. The zero-order valence-electron chi connectivity index (χ0n) is 10.8. The highest BCUT2D eigenvalue weighted by Crippen LogP contribution is 2.20. The van der Waals surface area contributed by atoms with E-state index >= 15 is 0 Å². The van der Waals surface area contributed by atoms with Crippen molar-refractivity contribution in [2.75, 3.05) is 5.32 Å². The summed E-state index contributed by atoms with van der Waals surface area (Å²) in [5.74, 6) is -1.32. The number of carbonyl (C=O) groups excluding carboxylic acids is 1. The number of hydrogen-bond acceptors (Lipinski definition) is 2. The van der Waals surface area contributed by atoms with Crippen LogP contribution in [0, 0.1) is 6.92 Å². The van der Waals surface area contributed by atoms with Gasteiger partial charge < -0.3 is 15.0 Å². The van der Waals surface area contributed by atoms with Gasteiger partial charge in [-0.2, -0.15) is 0 Å². The van der Waals surface area contributed by atoms with Gasteiger partial charge in [-0.25, -0.2) is 0 Å². The predicted molar refractivity (Wildman–Crippen MR) is 78.9 cm³/mol. The van der Waals surface area contributed by atoms with Crippen molar-refractivity contribution in [2.45, 2.75) is 13.5 Å². The Morgan fingerprint density at radius 3 is 2.75 bits per heavy atom. The van der Waals surface area contributed by atoms with Gasteiger partial charge in [0.1, 0.15) is 12.2 Å². The number of nitrogens with zero attached hydrogens (tertiary/aromatic N) is 1. The minimum absolute atomic E-state index is 0.241. The molecular formula is C14H13BrN2O3. The van der Waals surface area contributed by atoms with Crippen LogP contribution in [0.25, 0.3) is 0 Å². The average molecular weight is 337 g/mol. The number of carboxylic acids is 1. The Balaban J connectivity index is 2.20. The van der Waals surface area contributed by atoms with Crippen LogP contribution in [0.5, 0.6) is 0 Å². The van der Waals surface area contributed by atoms with Gasteiger partial charge in [0, 0.05) is 16.4 Å². The molecule has 0 unspecified atom stereocenters. The fraction of sp³-hybridized carbons (Fsp3) is 0.143. The van der Waals surface area contributed by atoms with Crippen molar-refractivity contribution >= 4 is 33.5 Å². The molecule has 1 aromatic carbocycles. The molecule has 2 aromatic rings. The highest BCUT2D eigenvalue weighted by molar-refractivity contribution is 9.10. The molecule has 0 aliphatic heterocycles. The van der Waals surface area contributed by atoms with Crippen LogP contribution in [0.3, 0.4) is 0 Å². The topological polar surface area (TPSA) is 71.3 Å². The Morgan fingerprint density at radius 1 is 1.35 bits per heavy atom. The van der Waals surface area contributed by atoms with E-state index in [0.717, 1.165) is 10.0 Å². The zero-order chi connectivity index (χ0) is 14.7. The largest absolute Gasteiger partial charge is 0.480 e. The maximum atomic E-state index is 12.2. The molecule has 2 rings (SSSR count). The zero-order valence-corrected chi connectivity index (χ0v) is 12.3. The number of aromatic nitrogens is 1. The predicted octanol–water partition coefficient (Wildman–Crippen LogP) is 2.90. The monoisotopic (exact) mass is 336 g/mol. The molecule has 0 saturated heterocycles. The highest BCUT2D eigenvalue weighted by atomic mass is 79.9. The quantitative estimate of drug-likeness (QED) is 0.901. The second-order valence-electron chi connectivity index (χ2n) is 4.33. The van der Waals surface area contributed by atoms with Crippen LogP contribution in [0.15, 0.2) is 41.0 Å². The van der Waals surface area contributed by atoms with Crippen molar-refractivity contribution in [2.24, 2.45) is 0 Å². The van der Waals surface area contributed by atoms with Crippen molar-refractivity contribution in [3.05, 3.63) is 52.3 Å². The maximum Gasteiger partial charge on any atom is 0.323 e. The molecule has 1 heterocycles. The number of anilines is 1. The lowest BCUT2D eigenvalue weighted by molar-refractivity contribution is -0.137. The molecule has 0 fully saturated rings. The number of aliphatic carboxylic acids is 1. The van der Waals surface area contributed by atoms with E-state index in [4.69, 9.17) is 5.11 Å². The summed E-state index contributed by atoms with van der Waals surface area (Å²) in [6.07, 6.45) is 1.57. The van der Waals surface area contributed by atoms with Gasteiger partial charge in [0.25, 0.3) is 5.91 Å². The summed E-state index contributed by atoms with van der Waals surface area (Å²) in [6.45, 7) is 1.64. The van der Waals surface area contributed by atoms with Crippen LogP contribution < -0.4 is 5.32 Å². The Bertz CT molecular complexity index is 664. The van der Waals surface area contributed by atoms with E-state index in [1.807, 2.05) is 19.1 Å². The molecule has 0 spiro atoms. The SMILES string of the molecule is Cc1cc(Br)ccc1NC(=O)c1cccn1CC(=O)O. The Kier molecular flexibility index (Phi) is 4.24. The molecule has 6 heteroatoms. The lowest BCUT2D eigenvalue weighted by atomic mass is 10.2. The van der Waals surface area contributed by atoms with Crippen LogP contribution in [-0.2, 0) is 11.3 Å². The van der Waals surface area contributed by atoms with E-state index in [0.29, 0.717) is 11.4 Å². The number of amides is 1. The van der Waals surface area contributed by atoms with Gasteiger partial charge >= 0.3 is 5.97 Å². The first-order valence-corrected chi connectivity index (χ1v) is 6.71. The van der Waals surface area contributed by atoms with Gasteiger partial charge in [0.15, 0.2) is 0 Å². The van der Waals surface area contributed by atoms with Crippen molar-refractivity contribution in [1.29, 1.82) is 0 Å². The molecule has 1 aromatic heterocycles. The number of hydrogen-bond donors (Lipinski definition) is 2. The first-order valence-electron chi connectivity index (χ1n) is 5.92. The van der Waals surface area contributed by atoms with Gasteiger partial charge in [-0.1, -0.05) is 15.9 Å². The number of benzene rings is 1. The van der Waals surface area contributed by atoms with E-state index < -0.39 is 5.97 Å². The second-order valence-corrected chi connectivity index (χ2v) is 5.24. The van der Waals surface area contributed by atoms with Gasteiger partial charge in [0.05, 0.1) is 0 Å². The van der Waals surface area contributed by atoms with Crippen LogP contribution in [0.4, 0.5) is 5.69 Å². The Hall–Kier alpha value is -2.08. The fourth-order valence-electron chi connectivity index (χ4n) is 1.86. The van der Waals surface area contributed by atoms with Crippen molar-refractivity contribution in [3.63, 3.8) is 0 Å².